The van der Waals surface area contributed by atoms with Gasteiger partial charge in [0.2, 0.25) is 0 Å². The van der Waals surface area contributed by atoms with E-state index >= 15 is 0 Å². The van der Waals surface area contributed by atoms with Crippen molar-refractivity contribution in [3.63, 3.8) is 0 Å². The van der Waals surface area contributed by atoms with Crippen LogP contribution in [0.1, 0.15) is 54.9 Å². The van der Waals surface area contributed by atoms with E-state index in [2.05, 4.69) is 60.3 Å². The van der Waals surface area contributed by atoms with E-state index in [9.17, 15) is 0 Å². The highest BCUT2D eigenvalue weighted by molar-refractivity contribution is 5.15. The maximum atomic E-state index is 5.34. The van der Waals surface area contributed by atoms with Gasteiger partial charge in [-0.05, 0) is 5.41 Å². The first-order valence-electron chi connectivity index (χ1n) is 6.00. The Morgan fingerprint density at radius 1 is 1.06 bits per heavy atom. The summed E-state index contributed by atoms with van der Waals surface area (Å²) in [6.45, 7) is 15.0. The lowest BCUT2D eigenvalue weighted by atomic mass is 9.68. The monoisotopic (exact) mass is 224 g/mol. The summed E-state index contributed by atoms with van der Waals surface area (Å²) >= 11 is 0. The lowest BCUT2D eigenvalue weighted by molar-refractivity contribution is 0.0609. The highest BCUT2D eigenvalue weighted by Gasteiger charge is 2.65. The maximum Gasteiger partial charge on any atom is 0.252 e. The SMILES string of the molecule is CCC#CC(C(C)(C)C)C1(C(C)(C)C)OO1. The van der Waals surface area contributed by atoms with Crippen LogP contribution < -0.4 is 0 Å². The maximum absolute atomic E-state index is 5.34. The molecule has 1 saturated heterocycles. The molecule has 1 aliphatic rings. The fourth-order valence-corrected chi connectivity index (χ4v) is 1.91. The molecule has 0 saturated carbocycles. The molecule has 0 N–H and O–H groups in total. The quantitative estimate of drug-likeness (QED) is 0.385. The molecule has 1 rings (SSSR count). The third-order valence-corrected chi connectivity index (χ3v) is 2.98. The average Bonchev–Trinajstić information content (AvgIpc) is 2.82. The molecule has 16 heavy (non-hydrogen) atoms. The molecular formula is C14H24O2. The molecule has 1 unspecified atom stereocenters. The van der Waals surface area contributed by atoms with Crippen LogP contribution in [0.2, 0.25) is 0 Å². The molecular weight excluding hydrogens is 200 g/mol. The molecule has 0 aromatic heterocycles. The average molecular weight is 224 g/mol. The predicted molar refractivity (Wildman–Crippen MR) is 65.4 cm³/mol. The first-order valence-corrected chi connectivity index (χ1v) is 6.00. The molecule has 1 heterocycles. The van der Waals surface area contributed by atoms with Gasteiger partial charge in [0.1, 0.15) is 0 Å². The Morgan fingerprint density at radius 2 is 1.56 bits per heavy atom. The van der Waals surface area contributed by atoms with Crippen molar-refractivity contribution < 1.29 is 9.78 Å². The van der Waals surface area contributed by atoms with Gasteiger partial charge < -0.3 is 0 Å². The Balaban J connectivity index is 3.04. The van der Waals surface area contributed by atoms with Crippen LogP contribution in [0, 0.1) is 28.6 Å². The van der Waals surface area contributed by atoms with E-state index in [-0.39, 0.29) is 16.7 Å². The second kappa shape index (κ2) is 4.05. The Morgan fingerprint density at radius 3 is 1.81 bits per heavy atom. The summed E-state index contributed by atoms with van der Waals surface area (Å²) in [7, 11) is 0. The third kappa shape index (κ3) is 2.42. The van der Waals surface area contributed by atoms with Gasteiger partial charge in [-0.15, -0.1) is 5.92 Å². The fourth-order valence-electron chi connectivity index (χ4n) is 1.91. The third-order valence-electron chi connectivity index (χ3n) is 2.98. The summed E-state index contributed by atoms with van der Waals surface area (Å²) in [5.41, 5.74) is -0.0146. The van der Waals surface area contributed by atoms with Crippen LogP contribution in [-0.4, -0.2) is 5.79 Å². The van der Waals surface area contributed by atoms with Crippen molar-refractivity contribution in [3.05, 3.63) is 0 Å². The summed E-state index contributed by atoms with van der Waals surface area (Å²) < 4.78 is 0. The van der Waals surface area contributed by atoms with E-state index in [0.29, 0.717) is 0 Å². The van der Waals surface area contributed by atoms with Crippen LogP contribution in [0.3, 0.4) is 0 Å². The minimum atomic E-state index is -0.534. The van der Waals surface area contributed by atoms with Crippen LogP contribution in [0.25, 0.3) is 0 Å². The van der Waals surface area contributed by atoms with Crippen LogP contribution >= 0.6 is 0 Å². The highest BCUT2D eigenvalue weighted by atomic mass is 17.4. The number of rotatable bonds is 1. The molecule has 92 valence electrons. The molecule has 0 bridgehead atoms. The summed E-state index contributed by atoms with van der Waals surface area (Å²) in [6.07, 6.45) is 0.868. The van der Waals surface area contributed by atoms with Gasteiger partial charge in [-0.1, -0.05) is 54.4 Å². The molecule has 2 heteroatoms. The van der Waals surface area contributed by atoms with Gasteiger partial charge in [0.25, 0.3) is 5.79 Å². The van der Waals surface area contributed by atoms with Crippen molar-refractivity contribution in [1.29, 1.82) is 0 Å². The molecule has 0 aromatic carbocycles. The second-order valence-electron chi connectivity index (χ2n) is 6.56. The second-order valence-corrected chi connectivity index (χ2v) is 6.56. The summed E-state index contributed by atoms with van der Waals surface area (Å²) in [4.78, 5) is 10.7. The normalized spacial score (nSPS) is 20.9. The zero-order valence-electron chi connectivity index (χ0n) is 11.6. The Hall–Kier alpha value is -0.520. The molecule has 0 aromatic rings. The smallest absolute Gasteiger partial charge is 0.193 e. The van der Waals surface area contributed by atoms with Crippen molar-refractivity contribution in [2.45, 2.75) is 60.7 Å². The largest absolute Gasteiger partial charge is 0.252 e. The lowest BCUT2D eigenvalue weighted by Crippen LogP contribution is -2.43. The van der Waals surface area contributed by atoms with Gasteiger partial charge in [-0.2, -0.15) is 9.78 Å². The standard InChI is InChI=1S/C14H24O2/c1-8-9-10-11(12(2,3)4)14(15-16-14)13(5,6)7/h11H,8H2,1-7H3. The fraction of sp³-hybridized carbons (Fsp3) is 0.857. The topological polar surface area (TPSA) is 25.1 Å². The van der Waals surface area contributed by atoms with Crippen molar-refractivity contribution in [2.24, 2.45) is 16.7 Å². The van der Waals surface area contributed by atoms with Crippen molar-refractivity contribution >= 4 is 0 Å². The van der Waals surface area contributed by atoms with Gasteiger partial charge in [-0.3, -0.25) is 0 Å². The van der Waals surface area contributed by atoms with Crippen LogP contribution in [0.4, 0.5) is 0 Å². The van der Waals surface area contributed by atoms with Gasteiger partial charge in [-0.25, -0.2) is 0 Å². The number of hydrogen-bond acceptors (Lipinski definition) is 2. The highest BCUT2D eigenvalue weighted by Crippen LogP contribution is 2.55. The summed E-state index contributed by atoms with van der Waals surface area (Å²) in [6, 6.07) is 0. The Labute approximate surface area is 99.6 Å². The lowest BCUT2D eigenvalue weighted by Gasteiger charge is -2.35. The minimum absolute atomic E-state index is 0.0476. The van der Waals surface area contributed by atoms with Crippen LogP contribution in [0.15, 0.2) is 0 Å². The van der Waals surface area contributed by atoms with Gasteiger partial charge in [0, 0.05) is 11.8 Å². The Kier molecular flexibility index (Phi) is 3.43. The molecule has 0 radical (unpaired) electrons. The first kappa shape index (κ1) is 13.5. The molecule has 0 spiro atoms. The number of hydrogen-bond donors (Lipinski definition) is 0. The Bertz CT molecular complexity index is 302. The molecule has 1 atom stereocenters. The molecule has 0 amide bonds. The zero-order valence-corrected chi connectivity index (χ0v) is 11.6. The van der Waals surface area contributed by atoms with E-state index in [1.807, 2.05) is 0 Å². The van der Waals surface area contributed by atoms with Gasteiger partial charge >= 0.3 is 0 Å². The van der Waals surface area contributed by atoms with Crippen LogP contribution in [-0.2, 0) is 9.78 Å². The molecule has 1 aliphatic heterocycles. The van der Waals surface area contributed by atoms with Crippen LogP contribution in [0.5, 0.6) is 0 Å². The molecule has 0 aliphatic carbocycles. The summed E-state index contributed by atoms with van der Waals surface area (Å²) in [5.74, 6) is 6.04. The van der Waals surface area contributed by atoms with E-state index in [1.165, 1.54) is 0 Å². The predicted octanol–water partition coefficient (Wildman–Crippen LogP) is 3.77. The summed E-state index contributed by atoms with van der Waals surface area (Å²) in [5, 5.41) is 0. The molecule has 2 nitrogen and oxygen atoms in total. The van der Waals surface area contributed by atoms with E-state index in [1.54, 1.807) is 0 Å². The minimum Gasteiger partial charge on any atom is -0.193 e. The van der Waals surface area contributed by atoms with Crippen molar-refractivity contribution in [2.75, 3.05) is 0 Å². The van der Waals surface area contributed by atoms with E-state index < -0.39 is 5.79 Å². The first-order chi connectivity index (χ1) is 7.15. The zero-order chi connectivity index (χ0) is 12.6. The van der Waals surface area contributed by atoms with Crippen molar-refractivity contribution in [1.82, 2.24) is 0 Å². The van der Waals surface area contributed by atoms with Crippen molar-refractivity contribution in [3.8, 4) is 11.8 Å². The van der Waals surface area contributed by atoms with Gasteiger partial charge in [0.05, 0.1) is 5.92 Å². The van der Waals surface area contributed by atoms with E-state index in [4.69, 9.17) is 9.78 Å². The van der Waals surface area contributed by atoms with E-state index in [0.717, 1.165) is 6.42 Å². The molecule has 1 fully saturated rings. The van der Waals surface area contributed by atoms with Gasteiger partial charge in [0.15, 0.2) is 0 Å².